The van der Waals surface area contributed by atoms with E-state index in [9.17, 15) is 0 Å². The second-order valence-corrected chi connectivity index (χ2v) is 4.52. The molecule has 0 spiro atoms. The number of nitrogens with one attached hydrogen (secondary N) is 1. The third-order valence-corrected chi connectivity index (χ3v) is 3.40. The van der Waals surface area contributed by atoms with Crippen molar-refractivity contribution in [2.75, 3.05) is 35.9 Å². The summed E-state index contributed by atoms with van der Waals surface area (Å²) in [5.74, 6) is 0. The molecule has 0 unspecified atom stereocenters. The summed E-state index contributed by atoms with van der Waals surface area (Å²) in [6, 6.07) is 16.9. The van der Waals surface area contributed by atoms with Gasteiger partial charge in [-0.3, -0.25) is 0 Å². The smallest absolute Gasteiger partial charge is 0.0950 e. The van der Waals surface area contributed by atoms with Crippen LogP contribution in [0.2, 0.25) is 0 Å². The van der Waals surface area contributed by atoms with Crippen LogP contribution in [0.1, 0.15) is 0 Å². The molecule has 1 N–H and O–H groups in total. The summed E-state index contributed by atoms with van der Waals surface area (Å²) in [5.41, 5.74) is 4.92. The van der Waals surface area contributed by atoms with E-state index in [1.165, 1.54) is 17.1 Å². The molecule has 0 aromatic heterocycles. The zero-order valence-corrected chi connectivity index (χ0v) is 10.7. The molecule has 0 saturated carbocycles. The fourth-order valence-corrected chi connectivity index (χ4v) is 2.51. The molecular formula is C15H17N3. The van der Waals surface area contributed by atoms with Gasteiger partial charge in [0.15, 0.2) is 0 Å². The van der Waals surface area contributed by atoms with Gasteiger partial charge in [-0.15, -0.1) is 0 Å². The lowest BCUT2D eigenvalue weighted by Gasteiger charge is -2.22. The van der Waals surface area contributed by atoms with Crippen LogP contribution in [0.3, 0.4) is 0 Å². The number of hydrogen-bond donors (Lipinski definition) is 1. The Morgan fingerprint density at radius 1 is 0.889 bits per heavy atom. The summed E-state index contributed by atoms with van der Waals surface area (Å²) in [5, 5.41) is 3.26. The van der Waals surface area contributed by atoms with E-state index < -0.39 is 0 Å². The lowest BCUT2D eigenvalue weighted by molar-refractivity contribution is 0.950. The molecule has 1 aliphatic heterocycles. The van der Waals surface area contributed by atoms with Gasteiger partial charge in [0.25, 0.3) is 0 Å². The van der Waals surface area contributed by atoms with Gasteiger partial charge in [0, 0.05) is 14.1 Å². The third kappa shape index (κ3) is 1.59. The van der Waals surface area contributed by atoms with Crippen LogP contribution in [0.5, 0.6) is 0 Å². The maximum absolute atomic E-state index is 3.26. The Labute approximate surface area is 108 Å². The minimum absolute atomic E-state index is 0.887. The summed E-state index contributed by atoms with van der Waals surface area (Å²) in [6.45, 7) is 0.887. The molecule has 1 aliphatic rings. The summed E-state index contributed by atoms with van der Waals surface area (Å²) in [7, 11) is 4.09. The SMILES string of the molecule is CNc1ccccc1N1CN(C)c2ccccc21. The molecule has 0 bridgehead atoms. The van der Waals surface area contributed by atoms with Gasteiger partial charge in [0.2, 0.25) is 0 Å². The summed E-state index contributed by atoms with van der Waals surface area (Å²) < 4.78 is 0. The number of rotatable bonds is 2. The molecule has 0 amide bonds. The molecular weight excluding hydrogens is 222 g/mol. The summed E-state index contributed by atoms with van der Waals surface area (Å²) in [4.78, 5) is 4.60. The van der Waals surface area contributed by atoms with Crippen molar-refractivity contribution in [1.82, 2.24) is 0 Å². The molecule has 2 aromatic rings. The highest BCUT2D eigenvalue weighted by atomic mass is 15.4. The number of anilines is 4. The van der Waals surface area contributed by atoms with E-state index in [1.807, 2.05) is 7.05 Å². The van der Waals surface area contributed by atoms with Crippen LogP contribution in [0.4, 0.5) is 22.7 Å². The van der Waals surface area contributed by atoms with Gasteiger partial charge in [-0.25, -0.2) is 0 Å². The monoisotopic (exact) mass is 239 g/mol. The number of benzene rings is 2. The number of hydrogen-bond acceptors (Lipinski definition) is 3. The molecule has 0 fully saturated rings. The summed E-state index contributed by atoms with van der Waals surface area (Å²) in [6.07, 6.45) is 0. The standard InChI is InChI=1S/C15H17N3/c1-16-12-7-3-4-8-13(12)18-11-17(2)14-9-5-6-10-15(14)18/h3-10,16H,11H2,1-2H3. The highest BCUT2D eigenvalue weighted by Crippen LogP contribution is 2.41. The lowest BCUT2D eigenvalue weighted by Crippen LogP contribution is -2.24. The number of para-hydroxylation sites is 4. The van der Waals surface area contributed by atoms with Crippen LogP contribution >= 0.6 is 0 Å². The molecule has 3 heteroatoms. The van der Waals surface area contributed by atoms with Crippen molar-refractivity contribution in [3.63, 3.8) is 0 Å². The van der Waals surface area contributed by atoms with Gasteiger partial charge in [0.05, 0.1) is 29.4 Å². The zero-order valence-electron chi connectivity index (χ0n) is 10.7. The Hall–Kier alpha value is -2.16. The molecule has 1 heterocycles. The van der Waals surface area contributed by atoms with Crippen LogP contribution < -0.4 is 15.1 Å². The number of fused-ring (bicyclic) bond motifs is 1. The third-order valence-electron chi connectivity index (χ3n) is 3.40. The highest BCUT2D eigenvalue weighted by Gasteiger charge is 2.24. The first-order chi connectivity index (χ1) is 8.81. The van der Waals surface area contributed by atoms with E-state index in [4.69, 9.17) is 0 Å². The molecule has 0 saturated heterocycles. The summed E-state index contributed by atoms with van der Waals surface area (Å²) >= 11 is 0. The van der Waals surface area contributed by atoms with Crippen LogP contribution in [0.15, 0.2) is 48.5 Å². The van der Waals surface area contributed by atoms with Crippen LogP contribution in [0.25, 0.3) is 0 Å². The second kappa shape index (κ2) is 4.26. The van der Waals surface area contributed by atoms with Gasteiger partial charge in [-0.05, 0) is 24.3 Å². The van der Waals surface area contributed by atoms with Crippen LogP contribution in [-0.2, 0) is 0 Å². The van der Waals surface area contributed by atoms with Crippen molar-refractivity contribution in [3.8, 4) is 0 Å². The van der Waals surface area contributed by atoms with Crippen LogP contribution in [-0.4, -0.2) is 20.8 Å². The molecule has 3 rings (SSSR count). The minimum Gasteiger partial charge on any atom is -0.386 e. The van der Waals surface area contributed by atoms with E-state index in [-0.39, 0.29) is 0 Å². The largest absolute Gasteiger partial charge is 0.386 e. The van der Waals surface area contributed by atoms with Gasteiger partial charge in [-0.2, -0.15) is 0 Å². The first kappa shape index (κ1) is 11.0. The predicted octanol–water partition coefficient (Wildman–Crippen LogP) is 3.27. The number of nitrogens with zero attached hydrogens (tertiary/aromatic N) is 2. The minimum atomic E-state index is 0.887. The fraction of sp³-hybridized carbons (Fsp3) is 0.200. The average Bonchev–Trinajstić information content (AvgIpc) is 2.77. The van der Waals surface area contributed by atoms with Crippen molar-refractivity contribution in [1.29, 1.82) is 0 Å². The molecule has 0 aliphatic carbocycles. The van der Waals surface area contributed by atoms with Gasteiger partial charge in [-0.1, -0.05) is 24.3 Å². The second-order valence-electron chi connectivity index (χ2n) is 4.52. The zero-order chi connectivity index (χ0) is 12.5. The van der Waals surface area contributed by atoms with Crippen molar-refractivity contribution < 1.29 is 0 Å². The van der Waals surface area contributed by atoms with Gasteiger partial charge in [0.1, 0.15) is 0 Å². The normalized spacial score (nSPS) is 13.7. The first-order valence-corrected chi connectivity index (χ1v) is 6.16. The predicted molar refractivity (Wildman–Crippen MR) is 77.8 cm³/mol. The average molecular weight is 239 g/mol. The van der Waals surface area contributed by atoms with Crippen molar-refractivity contribution in [3.05, 3.63) is 48.5 Å². The highest BCUT2D eigenvalue weighted by molar-refractivity contribution is 5.86. The van der Waals surface area contributed by atoms with Gasteiger partial charge < -0.3 is 15.1 Å². The Bertz CT molecular complexity index is 565. The fourth-order valence-electron chi connectivity index (χ4n) is 2.51. The maximum atomic E-state index is 3.26. The first-order valence-electron chi connectivity index (χ1n) is 6.16. The van der Waals surface area contributed by atoms with Crippen molar-refractivity contribution in [2.24, 2.45) is 0 Å². The lowest BCUT2D eigenvalue weighted by atomic mass is 10.2. The molecule has 0 radical (unpaired) electrons. The van der Waals surface area contributed by atoms with E-state index >= 15 is 0 Å². The molecule has 2 aromatic carbocycles. The molecule has 0 atom stereocenters. The van der Waals surface area contributed by atoms with E-state index in [2.05, 4.69) is 70.7 Å². The molecule has 3 nitrogen and oxygen atoms in total. The van der Waals surface area contributed by atoms with Crippen molar-refractivity contribution >= 4 is 22.7 Å². The Kier molecular flexibility index (Phi) is 2.59. The molecule has 18 heavy (non-hydrogen) atoms. The Morgan fingerprint density at radius 3 is 2.22 bits per heavy atom. The quantitative estimate of drug-likeness (QED) is 0.867. The topological polar surface area (TPSA) is 18.5 Å². The van der Waals surface area contributed by atoms with Crippen molar-refractivity contribution in [2.45, 2.75) is 0 Å². The Morgan fingerprint density at radius 2 is 1.50 bits per heavy atom. The maximum Gasteiger partial charge on any atom is 0.0950 e. The Balaban J connectivity index is 2.09. The molecule has 92 valence electrons. The van der Waals surface area contributed by atoms with Crippen LogP contribution in [0, 0.1) is 0 Å². The van der Waals surface area contributed by atoms with E-state index in [0.29, 0.717) is 0 Å². The van der Waals surface area contributed by atoms with E-state index in [1.54, 1.807) is 0 Å². The van der Waals surface area contributed by atoms with Gasteiger partial charge >= 0.3 is 0 Å². The van der Waals surface area contributed by atoms with E-state index in [0.717, 1.165) is 12.4 Å².